The lowest BCUT2D eigenvalue weighted by atomic mass is 9.99. The molecule has 2 aromatic rings. The van der Waals surface area contributed by atoms with Gasteiger partial charge in [-0.1, -0.05) is 74.5 Å². The van der Waals surface area contributed by atoms with Crippen LogP contribution in [0.25, 0.3) is 0 Å². The Bertz CT molecular complexity index is 2120. The molecule has 7 unspecified atom stereocenters. The summed E-state index contributed by atoms with van der Waals surface area (Å²) in [6, 6.07) is 7.53. The van der Waals surface area contributed by atoms with E-state index in [-0.39, 0.29) is 75.9 Å². The molecule has 25 nitrogen and oxygen atoms in total. The van der Waals surface area contributed by atoms with E-state index in [1.807, 2.05) is 0 Å². The zero-order valence-corrected chi connectivity index (χ0v) is 38.9. The first-order chi connectivity index (χ1) is 32.6. The zero-order valence-electron chi connectivity index (χ0n) is 38.9. The van der Waals surface area contributed by atoms with Crippen LogP contribution >= 0.6 is 0 Å². The van der Waals surface area contributed by atoms with Gasteiger partial charge in [0.2, 0.25) is 53.2 Å². The van der Waals surface area contributed by atoms with E-state index in [0.29, 0.717) is 11.1 Å². The fourth-order valence-corrected chi connectivity index (χ4v) is 6.74. The molecule has 378 valence electrons. The van der Waals surface area contributed by atoms with Crippen LogP contribution in [0.4, 0.5) is 0 Å². The van der Waals surface area contributed by atoms with Crippen LogP contribution in [-0.2, 0) is 56.0 Å². The third kappa shape index (κ3) is 23.0. The standard InChI is InChI=1S/C44H68N16O9/c1-24(2)19-31(40(67)56-29(16-10-18-54-44(51)52)38(65)57-30(36(48)63)20-25-11-5-3-6-12-25)58-41(68)32(21-26-13-7-4-8-14-26)59-42(69)33(23-35(47)62)60-39(66)28(15-9-17-53-43(49)50)55-37(64)27(45)22-34(46)61/h3-8,11-14,24,27-33H,9-10,15-23,45H2,1-2H3,(H2,46,61)(H2,47,62)(H2,48,63)(H,55,64)(H,56,67)(H,57,65)(H,58,68)(H,59,69)(H,60,66)(H4,49,50,53)(H4,51,52,54). The average Bonchev–Trinajstić information content (AvgIpc) is 3.27. The van der Waals surface area contributed by atoms with Crippen molar-refractivity contribution in [1.82, 2.24) is 31.9 Å². The number of nitrogens with one attached hydrogen (secondary N) is 6. The number of aliphatic imine (C=N–C) groups is 2. The van der Waals surface area contributed by atoms with Gasteiger partial charge in [-0.2, -0.15) is 0 Å². The zero-order chi connectivity index (χ0) is 51.6. The quantitative estimate of drug-likeness (QED) is 0.0192. The van der Waals surface area contributed by atoms with E-state index < -0.39 is 108 Å². The number of nitrogens with two attached hydrogens (primary N) is 8. The molecular formula is C44H68N16O9. The Morgan fingerprint density at radius 3 is 1.26 bits per heavy atom. The fraction of sp³-hybridized carbons (Fsp3) is 0.477. The molecule has 0 saturated heterocycles. The molecule has 22 N–H and O–H groups in total. The summed E-state index contributed by atoms with van der Waals surface area (Å²) in [6.45, 7) is 3.70. The molecule has 0 aromatic heterocycles. The van der Waals surface area contributed by atoms with Crippen LogP contribution < -0.4 is 77.8 Å². The van der Waals surface area contributed by atoms with Crippen LogP contribution in [0.1, 0.15) is 69.9 Å². The van der Waals surface area contributed by atoms with Gasteiger partial charge in [-0.05, 0) is 49.1 Å². The van der Waals surface area contributed by atoms with E-state index in [1.165, 1.54) is 0 Å². The number of amides is 9. The van der Waals surface area contributed by atoms with Gasteiger partial charge in [-0.15, -0.1) is 0 Å². The van der Waals surface area contributed by atoms with E-state index in [2.05, 4.69) is 41.9 Å². The van der Waals surface area contributed by atoms with Gasteiger partial charge in [-0.25, -0.2) is 0 Å². The molecule has 2 aromatic carbocycles. The molecule has 0 radical (unpaired) electrons. The molecule has 69 heavy (non-hydrogen) atoms. The first kappa shape index (κ1) is 57.3. The predicted octanol–water partition coefficient (Wildman–Crippen LogP) is -4.90. The van der Waals surface area contributed by atoms with Crippen LogP contribution in [-0.4, -0.2) is 120 Å². The van der Waals surface area contributed by atoms with Crippen LogP contribution in [0.5, 0.6) is 0 Å². The summed E-state index contributed by atoms with van der Waals surface area (Å²) in [4.78, 5) is 127. The molecule has 2 rings (SSSR count). The van der Waals surface area contributed by atoms with Crippen molar-refractivity contribution >= 4 is 65.1 Å². The van der Waals surface area contributed by atoms with Crippen molar-refractivity contribution in [3.8, 4) is 0 Å². The van der Waals surface area contributed by atoms with Gasteiger partial charge in [0.25, 0.3) is 0 Å². The molecule has 0 fully saturated rings. The van der Waals surface area contributed by atoms with Crippen molar-refractivity contribution < 1.29 is 43.2 Å². The highest BCUT2D eigenvalue weighted by Gasteiger charge is 2.34. The number of primary amides is 3. The van der Waals surface area contributed by atoms with Crippen molar-refractivity contribution in [2.75, 3.05) is 13.1 Å². The van der Waals surface area contributed by atoms with Crippen LogP contribution in [0.2, 0.25) is 0 Å². The van der Waals surface area contributed by atoms with Gasteiger partial charge in [0.05, 0.1) is 18.9 Å². The molecule has 0 aliphatic carbocycles. The normalized spacial score (nSPS) is 13.9. The third-order valence-electron chi connectivity index (χ3n) is 10.2. The molecule has 9 amide bonds. The Balaban J connectivity index is 2.46. The van der Waals surface area contributed by atoms with Gasteiger partial charge in [-0.3, -0.25) is 53.1 Å². The maximum atomic E-state index is 14.3. The number of carbonyl (C=O) groups is 9. The van der Waals surface area contributed by atoms with E-state index >= 15 is 0 Å². The Labute approximate surface area is 399 Å². The van der Waals surface area contributed by atoms with Crippen molar-refractivity contribution in [1.29, 1.82) is 0 Å². The minimum Gasteiger partial charge on any atom is -0.370 e. The minimum absolute atomic E-state index is 0.00579. The maximum absolute atomic E-state index is 14.3. The summed E-state index contributed by atoms with van der Waals surface area (Å²) in [7, 11) is 0. The summed E-state index contributed by atoms with van der Waals surface area (Å²) in [5, 5.41) is 15.4. The molecule has 0 heterocycles. The summed E-state index contributed by atoms with van der Waals surface area (Å²) in [5.41, 5.74) is 45.1. The first-order valence-electron chi connectivity index (χ1n) is 22.2. The van der Waals surface area contributed by atoms with E-state index in [4.69, 9.17) is 45.9 Å². The molecule has 0 spiro atoms. The summed E-state index contributed by atoms with van der Waals surface area (Å²) in [6.07, 6.45) is -1.14. The second-order valence-corrected chi connectivity index (χ2v) is 16.6. The van der Waals surface area contributed by atoms with Gasteiger partial charge >= 0.3 is 0 Å². The molecule has 25 heteroatoms. The lowest BCUT2D eigenvalue weighted by Crippen LogP contribution is -2.60. The highest BCUT2D eigenvalue weighted by atomic mass is 16.2. The van der Waals surface area contributed by atoms with Crippen LogP contribution in [0, 0.1) is 5.92 Å². The number of rotatable bonds is 31. The molecular weight excluding hydrogens is 897 g/mol. The Hall–Kier alpha value is -7.83. The van der Waals surface area contributed by atoms with Gasteiger partial charge < -0.3 is 77.8 Å². The third-order valence-corrected chi connectivity index (χ3v) is 10.2. The highest BCUT2D eigenvalue weighted by Crippen LogP contribution is 2.12. The lowest BCUT2D eigenvalue weighted by molar-refractivity contribution is -0.136. The van der Waals surface area contributed by atoms with Crippen molar-refractivity contribution in [3.05, 3.63) is 71.8 Å². The van der Waals surface area contributed by atoms with Crippen LogP contribution in [0.15, 0.2) is 70.6 Å². The maximum Gasteiger partial charge on any atom is 0.243 e. The predicted molar refractivity (Wildman–Crippen MR) is 256 cm³/mol. The highest BCUT2D eigenvalue weighted by molar-refractivity contribution is 5.98. The first-order valence-corrected chi connectivity index (χ1v) is 22.2. The SMILES string of the molecule is CC(C)CC(NC(=O)C(Cc1ccccc1)NC(=O)C(CC(N)=O)NC(=O)C(CCCN=C(N)N)NC(=O)C(N)CC(N)=O)C(=O)NC(CCCN=C(N)N)C(=O)NC(Cc1ccccc1)C(N)=O. The van der Waals surface area contributed by atoms with Gasteiger partial charge in [0, 0.05) is 25.9 Å². The topological polar surface area (TPSA) is 459 Å². The van der Waals surface area contributed by atoms with E-state index in [0.717, 1.165) is 0 Å². The van der Waals surface area contributed by atoms with Crippen LogP contribution in [0.3, 0.4) is 0 Å². The molecule has 0 bridgehead atoms. The van der Waals surface area contributed by atoms with Crippen molar-refractivity contribution in [2.45, 2.75) is 114 Å². The largest absolute Gasteiger partial charge is 0.370 e. The van der Waals surface area contributed by atoms with Gasteiger partial charge in [0.15, 0.2) is 11.9 Å². The van der Waals surface area contributed by atoms with Crippen molar-refractivity contribution in [2.24, 2.45) is 61.8 Å². The van der Waals surface area contributed by atoms with Gasteiger partial charge in [0.1, 0.15) is 36.3 Å². The Kier molecular flexibility index (Phi) is 24.7. The number of hydrogen-bond donors (Lipinski definition) is 14. The monoisotopic (exact) mass is 965 g/mol. The Morgan fingerprint density at radius 1 is 0.464 bits per heavy atom. The number of nitrogens with zero attached hydrogens (tertiary/aromatic N) is 2. The smallest absolute Gasteiger partial charge is 0.243 e. The second kappa shape index (κ2) is 29.7. The summed E-state index contributed by atoms with van der Waals surface area (Å²) < 4.78 is 0. The van der Waals surface area contributed by atoms with Crippen molar-refractivity contribution in [3.63, 3.8) is 0 Å². The second-order valence-electron chi connectivity index (χ2n) is 16.6. The molecule has 7 atom stereocenters. The number of guanidine groups is 2. The Morgan fingerprint density at radius 2 is 0.826 bits per heavy atom. The molecule has 0 aliphatic heterocycles. The minimum atomic E-state index is -1.71. The van der Waals surface area contributed by atoms with E-state index in [9.17, 15) is 43.2 Å². The van der Waals surface area contributed by atoms with E-state index in [1.54, 1.807) is 74.5 Å². The average molecular weight is 965 g/mol. The summed E-state index contributed by atoms with van der Waals surface area (Å²) >= 11 is 0. The molecule has 0 aliphatic rings. The number of hydrogen-bond acceptors (Lipinski definition) is 12. The molecule has 0 saturated carbocycles. The number of benzene rings is 2. The number of carbonyl (C=O) groups excluding carboxylic acids is 9. The summed E-state index contributed by atoms with van der Waals surface area (Å²) in [5.74, 6) is -8.71. The fourth-order valence-electron chi connectivity index (χ4n) is 6.74. The lowest BCUT2D eigenvalue weighted by Gasteiger charge is -2.28.